The normalized spacial score (nSPS) is 11.4. The van der Waals surface area contributed by atoms with Crippen LogP contribution in [0.2, 0.25) is 0 Å². The summed E-state index contributed by atoms with van der Waals surface area (Å²) < 4.78 is 5.22. The second-order valence-corrected chi connectivity index (χ2v) is 11.0. The van der Waals surface area contributed by atoms with Crippen molar-refractivity contribution in [1.29, 1.82) is 0 Å². The summed E-state index contributed by atoms with van der Waals surface area (Å²) in [5.74, 6) is 0.159. The van der Waals surface area contributed by atoms with Crippen molar-refractivity contribution in [1.82, 2.24) is 4.98 Å². The van der Waals surface area contributed by atoms with E-state index in [4.69, 9.17) is 4.74 Å². The molecular formula is C31H24N4O5S2. The van der Waals surface area contributed by atoms with Gasteiger partial charge in [0.15, 0.2) is 5.13 Å². The number of hydrogen-bond donors (Lipinski definition) is 2. The Morgan fingerprint density at radius 1 is 0.905 bits per heavy atom. The first-order chi connectivity index (χ1) is 20.4. The van der Waals surface area contributed by atoms with Gasteiger partial charge in [0.05, 0.1) is 17.7 Å². The fourth-order valence-electron chi connectivity index (χ4n) is 3.99. The molecule has 5 rings (SSSR count). The Hall–Kier alpha value is -5.00. The smallest absolute Gasteiger partial charge is 0.269 e. The molecule has 210 valence electrons. The average Bonchev–Trinajstić information content (AvgIpc) is 3.49. The number of methoxy groups -OCH3 is 1. The number of thioether (sulfide) groups is 1. The number of rotatable bonds is 10. The maximum absolute atomic E-state index is 13.5. The minimum atomic E-state index is -0.555. The van der Waals surface area contributed by atoms with Gasteiger partial charge in [0.25, 0.3) is 11.6 Å². The molecule has 0 fully saturated rings. The molecular weight excluding hydrogens is 572 g/mol. The third kappa shape index (κ3) is 7.00. The number of nitro benzene ring substituents is 1. The van der Waals surface area contributed by atoms with E-state index < -0.39 is 10.2 Å². The molecule has 9 nitrogen and oxygen atoms in total. The van der Waals surface area contributed by atoms with E-state index in [2.05, 4.69) is 15.6 Å². The van der Waals surface area contributed by atoms with Crippen LogP contribution < -0.4 is 15.4 Å². The number of nitrogens with one attached hydrogen (secondary N) is 2. The van der Waals surface area contributed by atoms with E-state index in [1.165, 1.54) is 47.4 Å². The van der Waals surface area contributed by atoms with Gasteiger partial charge in [-0.15, -0.1) is 23.1 Å². The summed E-state index contributed by atoms with van der Waals surface area (Å²) in [5, 5.41) is 18.4. The zero-order valence-corrected chi connectivity index (χ0v) is 23.9. The van der Waals surface area contributed by atoms with Crippen LogP contribution in [0.25, 0.3) is 11.3 Å². The minimum Gasteiger partial charge on any atom is -0.497 e. The maximum Gasteiger partial charge on any atom is 0.269 e. The van der Waals surface area contributed by atoms with E-state index >= 15 is 0 Å². The molecule has 1 aromatic heterocycles. The van der Waals surface area contributed by atoms with Crippen molar-refractivity contribution in [2.75, 3.05) is 17.7 Å². The lowest BCUT2D eigenvalue weighted by molar-refractivity contribution is -0.384. The van der Waals surface area contributed by atoms with Crippen LogP contribution in [0, 0.1) is 10.1 Å². The van der Waals surface area contributed by atoms with Gasteiger partial charge in [-0.1, -0.05) is 30.3 Å². The summed E-state index contributed by atoms with van der Waals surface area (Å²) in [5.41, 5.74) is 3.28. The molecule has 0 saturated heterocycles. The van der Waals surface area contributed by atoms with Crippen LogP contribution in [0.5, 0.6) is 5.75 Å². The number of carbonyl (C=O) groups excluding carboxylic acids is 2. The maximum atomic E-state index is 13.5. The number of thiazole rings is 1. The lowest BCUT2D eigenvalue weighted by Gasteiger charge is -2.16. The van der Waals surface area contributed by atoms with Crippen molar-refractivity contribution in [2.45, 2.75) is 10.1 Å². The van der Waals surface area contributed by atoms with E-state index in [-0.39, 0.29) is 17.5 Å². The summed E-state index contributed by atoms with van der Waals surface area (Å²) in [7, 11) is 1.61. The number of benzene rings is 4. The number of nitrogens with zero attached hydrogens (tertiary/aromatic N) is 2. The average molecular weight is 597 g/mol. The van der Waals surface area contributed by atoms with Crippen molar-refractivity contribution in [3.8, 4) is 17.0 Å². The van der Waals surface area contributed by atoms with Crippen molar-refractivity contribution >= 4 is 51.4 Å². The van der Waals surface area contributed by atoms with Crippen LogP contribution in [0.3, 0.4) is 0 Å². The molecule has 5 aromatic rings. The molecule has 2 amide bonds. The summed E-state index contributed by atoms with van der Waals surface area (Å²) in [6, 6.07) is 29.6. The fourth-order valence-corrected chi connectivity index (χ4v) is 5.74. The minimum absolute atomic E-state index is 0.0857. The molecule has 4 aromatic carbocycles. The zero-order chi connectivity index (χ0) is 29.5. The number of non-ortho nitro benzene ring substituents is 1. The molecule has 1 unspecified atom stereocenters. The largest absolute Gasteiger partial charge is 0.497 e. The predicted molar refractivity (Wildman–Crippen MR) is 165 cm³/mol. The molecule has 1 heterocycles. The van der Waals surface area contributed by atoms with Gasteiger partial charge in [-0.3, -0.25) is 19.7 Å². The first-order valence-electron chi connectivity index (χ1n) is 12.7. The van der Waals surface area contributed by atoms with Crippen molar-refractivity contribution in [3.63, 3.8) is 0 Å². The lowest BCUT2D eigenvalue weighted by atomic mass is 10.1. The second kappa shape index (κ2) is 13.1. The third-order valence-electron chi connectivity index (χ3n) is 6.17. The van der Waals surface area contributed by atoms with Gasteiger partial charge in [0, 0.05) is 39.2 Å². The van der Waals surface area contributed by atoms with E-state index in [9.17, 15) is 19.7 Å². The number of ether oxygens (including phenoxy) is 1. The summed E-state index contributed by atoms with van der Waals surface area (Å²) in [6.07, 6.45) is 0. The molecule has 2 N–H and O–H groups in total. The van der Waals surface area contributed by atoms with Crippen molar-refractivity contribution < 1.29 is 19.2 Å². The molecule has 0 radical (unpaired) electrons. The van der Waals surface area contributed by atoms with Crippen LogP contribution in [-0.2, 0) is 4.79 Å². The highest BCUT2D eigenvalue weighted by atomic mass is 32.2. The highest BCUT2D eigenvalue weighted by Gasteiger charge is 2.23. The number of amides is 2. The molecule has 1 atom stereocenters. The van der Waals surface area contributed by atoms with Gasteiger partial charge < -0.3 is 15.4 Å². The first kappa shape index (κ1) is 28.5. The number of anilines is 2. The van der Waals surface area contributed by atoms with Crippen LogP contribution in [0.4, 0.5) is 16.5 Å². The number of hydrogen-bond acceptors (Lipinski definition) is 8. The number of carbonyl (C=O) groups is 2. The SMILES string of the molecule is COc1ccc(-c2csc(NC(=O)C(Sc3ccc(NC(=O)c4ccc([N+](=O)[O-])cc4)cc3)c3ccccc3)n2)cc1. The summed E-state index contributed by atoms with van der Waals surface area (Å²) >= 11 is 2.73. The number of nitro groups is 1. The number of aromatic nitrogens is 1. The van der Waals surface area contributed by atoms with E-state index in [1.54, 1.807) is 19.2 Å². The van der Waals surface area contributed by atoms with Gasteiger partial charge in [0.2, 0.25) is 5.91 Å². The van der Waals surface area contributed by atoms with Gasteiger partial charge in [-0.25, -0.2) is 4.98 Å². The van der Waals surface area contributed by atoms with Crippen molar-refractivity contribution in [2.24, 2.45) is 0 Å². The van der Waals surface area contributed by atoms with Gasteiger partial charge in [-0.05, 0) is 66.2 Å². The molecule has 42 heavy (non-hydrogen) atoms. The van der Waals surface area contributed by atoms with Gasteiger partial charge in [0.1, 0.15) is 11.0 Å². The fraction of sp³-hybridized carbons (Fsp3) is 0.0645. The monoisotopic (exact) mass is 596 g/mol. The quantitative estimate of drug-likeness (QED) is 0.0975. The molecule has 0 bridgehead atoms. The molecule has 0 spiro atoms. The zero-order valence-electron chi connectivity index (χ0n) is 22.2. The van der Waals surface area contributed by atoms with E-state index in [1.807, 2.05) is 72.1 Å². The standard InChI is InChI=1S/C31H24N4O5S2/c1-40-25-15-9-20(10-16-25)27-19-41-31(33-27)34-30(37)28(21-5-3-2-4-6-21)42-26-17-11-23(12-18-26)32-29(36)22-7-13-24(14-8-22)35(38)39/h2-19,28H,1H3,(H,32,36)(H,33,34,37). The molecule has 0 saturated carbocycles. The van der Waals surface area contributed by atoms with E-state index in [0.29, 0.717) is 16.4 Å². The second-order valence-electron chi connectivity index (χ2n) is 8.95. The molecule has 0 aliphatic rings. The van der Waals surface area contributed by atoms with Gasteiger partial charge in [-0.2, -0.15) is 0 Å². The van der Waals surface area contributed by atoms with Crippen LogP contribution in [0.1, 0.15) is 21.2 Å². The van der Waals surface area contributed by atoms with Crippen LogP contribution in [0.15, 0.2) is 113 Å². The highest BCUT2D eigenvalue weighted by molar-refractivity contribution is 8.00. The van der Waals surface area contributed by atoms with Crippen LogP contribution >= 0.6 is 23.1 Å². The Labute approximate surface area is 249 Å². The highest BCUT2D eigenvalue weighted by Crippen LogP contribution is 2.37. The topological polar surface area (TPSA) is 123 Å². The third-order valence-corrected chi connectivity index (χ3v) is 8.19. The Morgan fingerprint density at radius 3 is 2.24 bits per heavy atom. The molecule has 0 aliphatic heterocycles. The van der Waals surface area contributed by atoms with Crippen molar-refractivity contribution in [3.05, 3.63) is 130 Å². The van der Waals surface area contributed by atoms with E-state index in [0.717, 1.165) is 27.5 Å². The predicted octanol–water partition coefficient (Wildman–Crippen LogP) is 7.45. The Bertz CT molecular complexity index is 1690. The summed E-state index contributed by atoms with van der Waals surface area (Å²) in [6.45, 7) is 0. The Balaban J connectivity index is 1.27. The first-order valence-corrected chi connectivity index (χ1v) is 14.4. The molecule has 0 aliphatic carbocycles. The Morgan fingerprint density at radius 2 is 1.60 bits per heavy atom. The summed E-state index contributed by atoms with van der Waals surface area (Å²) in [4.78, 5) is 41.8. The molecule has 11 heteroatoms. The van der Waals surface area contributed by atoms with Gasteiger partial charge >= 0.3 is 0 Å². The Kier molecular flexibility index (Phi) is 8.90. The van der Waals surface area contributed by atoms with Crippen LogP contribution in [-0.4, -0.2) is 28.8 Å². The lowest BCUT2D eigenvalue weighted by Crippen LogP contribution is -2.19.